The number of nitrogens with two attached hydrogens (primary N) is 1. The molecular weight excluding hydrogens is 214 g/mol. The second kappa shape index (κ2) is 5.47. The predicted molar refractivity (Wildman–Crippen MR) is 67.8 cm³/mol. The summed E-state index contributed by atoms with van der Waals surface area (Å²) in [4.78, 5) is 6.71. The van der Waals surface area contributed by atoms with E-state index in [1.807, 2.05) is 18.2 Å². The number of aromatic nitrogens is 1. The normalized spacial score (nSPS) is 23.5. The van der Waals surface area contributed by atoms with Crippen LogP contribution in [0, 0.1) is 5.92 Å². The van der Waals surface area contributed by atoms with Crippen LogP contribution in [0.1, 0.15) is 18.5 Å². The standard InChI is InChI=1S/C13H21N3O/c1-16(8-10-6-11(14)7-10)9-12-4-3-5-13(15-12)17-2/h3-5,10-11H,6-9,14H2,1-2H3. The lowest BCUT2D eigenvalue weighted by atomic mass is 9.80. The average Bonchev–Trinajstić information content (AvgIpc) is 2.27. The molecule has 2 rings (SSSR count). The van der Waals surface area contributed by atoms with Gasteiger partial charge in [0.1, 0.15) is 0 Å². The van der Waals surface area contributed by atoms with Crippen molar-refractivity contribution in [3.8, 4) is 5.88 Å². The quantitative estimate of drug-likeness (QED) is 0.834. The summed E-state index contributed by atoms with van der Waals surface area (Å²) in [5, 5.41) is 0. The molecule has 2 N–H and O–H groups in total. The lowest BCUT2D eigenvalue weighted by Crippen LogP contribution is -2.41. The van der Waals surface area contributed by atoms with Gasteiger partial charge in [0.05, 0.1) is 12.8 Å². The van der Waals surface area contributed by atoms with E-state index in [4.69, 9.17) is 10.5 Å². The number of hydrogen-bond acceptors (Lipinski definition) is 4. The minimum atomic E-state index is 0.434. The number of methoxy groups -OCH3 is 1. The zero-order chi connectivity index (χ0) is 12.3. The topological polar surface area (TPSA) is 51.4 Å². The zero-order valence-electron chi connectivity index (χ0n) is 10.6. The fraction of sp³-hybridized carbons (Fsp3) is 0.615. The third-order valence-electron chi connectivity index (χ3n) is 3.26. The van der Waals surface area contributed by atoms with Crippen molar-refractivity contribution in [1.82, 2.24) is 9.88 Å². The van der Waals surface area contributed by atoms with E-state index < -0.39 is 0 Å². The summed E-state index contributed by atoms with van der Waals surface area (Å²) in [5.41, 5.74) is 6.84. The van der Waals surface area contributed by atoms with E-state index in [-0.39, 0.29) is 0 Å². The molecule has 1 heterocycles. The lowest BCUT2D eigenvalue weighted by molar-refractivity contribution is 0.177. The van der Waals surface area contributed by atoms with Crippen LogP contribution in [-0.2, 0) is 6.54 Å². The van der Waals surface area contributed by atoms with Gasteiger partial charge in [-0.25, -0.2) is 4.98 Å². The maximum Gasteiger partial charge on any atom is 0.213 e. The highest BCUT2D eigenvalue weighted by Gasteiger charge is 2.26. The smallest absolute Gasteiger partial charge is 0.213 e. The Morgan fingerprint density at radius 3 is 2.88 bits per heavy atom. The van der Waals surface area contributed by atoms with Crippen LogP contribution in [0.25, 0.3) is 0 Å². The van der Waals surface area contributed by atoms with Gasteiger partial charge in [-0.2, -0.15) is 0 Å². The van der Waals surface area contributed by atoms with Crippen molar-refractivity contribution in [1.29, 1.82) is 0 Å². The average molecular weight is 235 g/mol. The molecule has 1 fully saturated rings. The van der Waals surface area contributed by atoms with E-state index in [1.54, 1.807) is 7.11 Å². The van der Waals surface area contributed by atoms with Crippen molar-refractivity contribution >= 4 is 0 Å². The van der Waals surface area contributed by atoms with Crippen molar-refractivity contribution < 1.29 is 4.74 Å². The number of rotatable bonds is 5. The van der Waals surface area contributed by atoms with E-state index in [9.17, 15) is 0 Å². The molecule has 0 unspecified atom stereocenters. The van der Waals surface area contributed by atoms with Crippen molar-refractivity contribution in [3.05, 3.63) is 23.9 Å². The van der Waals surface area contributed by atoms with Crippen molar-refractivity contribution in [2.45, 2.75) is 25.4 Å². The van der Waals surface area contributed by atoms with E-state index in [2.05, 4.69) is 16.9 Å². The van der Waals surface area contributed by atoms with Crippen LogP contribution in [-0.4, -0.2) is 36.6 Å². The summed E-state index contributed by atoms with van der Waals surface area (Å²) >= 11 is 0. The number of hydrogen-bond donors (Lipinski definition) is 1. The Hall–Kier alpha value is -1.13. The van der Waals surface area contributed by atoms with Crippen LogP contribution in [0.4, 0.5) is 0 Å². The van der Waals surface area contributed by atoms with Crippen LogP contribution in [0.5, 0.6) is 5.88 Å². The van der Waals surface area contributed by atoms with Gasteiger partial charge in [0.15, 0.2) is 0 Å². The van der Waals surface area contributed by atoms with E-state index >= 15 is 0 Å². The summed E-state index contributed by atoms with van der Waals surface area (Å²) < 4.78 is 5.12. The van der Waals surface area contributed by atoms with Gasteiger partial charge in [0.2, 0.25) is 5.88 Å². The maximum absolute atomic E-state index is 5.79. The molecule has 0 atom stereocenters. The zero-order valence-corrected chi connectivity index (χ0v) is 10.6. The summed E-state index contributed by atoms with van der Waals surface area (Å²) in [5.74, 6) is 1.45. The second-order valence-corrected chi connectivity index (χ2v) is 4.97. The molecule has 0 bridgehead atoms. The van der Waals surface area contributed by atoms with Gasteiger partial charge in [0, 0.05) is 25.2 Å². The molecule has 94 valence electrons. The van der Waals surface area contributed by atoms with Gasteiger partial charge in [-0.05, 0) is 31.9 Å². The van der Waals surface area contributed by atoms with Gasteiger partial charge in [-0.1, -0.05) is 6.07 Å². The van der Waals surface area contributed by atoms with Crippen LogP contribution in [0.3, 0.4) is 0 Å². The van der Waals surface area contributed by atoms with Gasteiger partial charge in [-0.15, -0.1) is 0 Å². The van der Waals surface area contributed by atoms with Gasteiger partial charge < -0.3 is 15.4 Å². The third kappa shape index (κ3) is 3.41. The van der Waals surface area contributed by atoms with Gasteiger partial charge >= 0.3 is 0 Å². The van der Waals surface area contributed by atoms with E-state index in [0.29, 0.717) is 11.9 Å². The summed E-state index contributed by atoms with van der Waals surface area (Å²) in [6, 6.07) is 6.32. The Morgan fingerprint density at radius 1 is 1.47 bits per heavy atom. The molecule has 0 radical (unpaired) electrons. The van der Waals surface area contributed by atoms with E-state index in [0.717, 1.165) is 37.5 Å². The molecule has 0 aromatic carbocycles. The van der Waals surface area contributed by atoms with E-state index in [1.165, 1.54) is 0 Å². The largest absolute Gasteiger partial charge is 0.481 e. The summed E-state index contributed by atoms with van der Waals surface area (Å²) in [6.07, 6.45) is 2.33. The molecular formula is C13H21N3O. The fourth-order valence-corrected chi connectivity index (χ4v) is 2.38. The van der Waals surface area contributed by atoms with Crippen LogP contribution >= 0.6 is 0 Å². The molecule has 1 aromatic heterocycles. The molecule has 17 heavy (non-hydrogen) atoms. The number of ether oxygens (including phenoxy) is 1. The first-order valence-corrected chi connectivity index (χ1v) is 6.11. The van der Waals surface area contributed by atoms with Crippen LogP contribution in [0.2, 0.25) is 0 Å². The predicted octanol–water partition coefficient (Wildman–Crippen LogP) is 1.26. The minimum Gasteiger partial charge on any atom is -0.481 e. The van der Waals surface area contributed by atoms with Gasteiger partial charge in [0.25, 0.3) is 0 Å². The summed E-state index contributed by atoms with van der Waals surface area (Å²) in [7, 11) is 3.77. The van der Waals surface area contributed by atoms with Gasteiger partial charge in [-0.3, -0.25) is 0 Å². The summed E-state index contributed by atoms with van der Waals surface area (Å²) in [6.45, 7) is 1.97. The van der Waals surface area contributed by atoms with Crippen molar-refractivity contribution in [2.75, 3.05) is 20.7 Å². The third-order valence-corrected chi connectivity index (χ3v) is 3.26. The molecule has 4 heteroatoms. The maximum atomic E-state index is 5.79. The molecule has 1 aliphatic rings. The van der Waals surface area contributed by atoms with Crippen LogP contribution in [0.15, 0.2) is 18.2 Å². The molecule has 0 spiro atoms. The van der Waals surface area contributed by atoms with Crippen molar-refractivity contribution in [3.63, 3.8) is 0 Å². The Kier molecular flexibility index (Phi) is 3.97. The molecule has 0 amide bonds. The first-order chi connectivity index (χ1) is 8.17. The monoisotopic (exact) mass is 235 g/mol. The number of pyridine rings is 1. The second-order valence-electron chi connectivity index (χ2n) is 4.97. The Bertz CT molecular complexity index is 363. The molecule has 1 aliphatic carbocycles. The van der Waals surface area contributed by atoms with Crippen LogP contribution < -0.4 is 10.5 Å². The van der Waals surface area contributed by atoms with Crippen molar-refractivity contribution in [2.24, 2.45) is 11.7 Å². The molecule has 0 aliphatic heterocycles. The highest BCUT2D eigenvalue weighted by atomic mass is 16.5. The Labute approximate surface area is 103 Å². The highest BCUT2D eigenvalue weighted by molar-refractivity contribution is 5.15. The molecule has 1 saturated carbocycles. The fourth-order valence-electron chi connectivity index (χ4n) is 2.38. The first-order valence-electron chi connectivity index (χ1n) is 6.11. The molecule has 1 aromatic rings. The molecule has 0 saturated heterocycles. The molecule has 4 nitrogen and oxygen atoms in total. The SMILES string of the molecule is COc1cccc(CN(C)CC2CC(N)C2)n1. The highest BCUT2D eigenvalue weighted by Crippen LogP contribution is 2.26. The Balaban J connectivity index is 1.82. The number of nitrogens with zero attached hydrogens (tertiary/aromatic N) is 2. The Morgan fingerprint density at radius 2 is 2.24 bits per heavy atom. The minimum absolute atomic E-state index is 0.434. The lowest BCUT2D eigenvalue weighted by Gasteiger charge is -2.35. The first kappa shape index (κ1) is 12.3.